The van der Waals surface area contributed by atoms with Crippen LogP contribution in [0, 0.1) is 0 Å². The number of hydrogen-bond acceptors (Lipinski definition) is 4. The fourth-order valence-corrected chi connectivity index (χ4v) is 4.63. The molecule has 0 heterocycles. The van der Waals surface area contributed by atoms with E-state index in [2.05, 4.69) is 6.92 Å². The van der Waals surface area contributed by atoms with Crippen LogP contribution in [0.2, 0.25) is 0 Å². The highest BCUT2D eigenvalue weighted by atomic mass is 32.2. The molecule has 0 saturated carbocycles. The van der Waals surface area contributed by atoms with Gasteiger partial charge in [0, 0.05) is 0 Å². The molecule has 1 N–H and O–H groups in total. The Labute approximate surface area is 186 Å². The monoisotopic (exact) mass is 448 g/mol. The molecular formula is C24H48O5S. The van der Waals surface area contributed by atoms with Gasteiger partial charge in [-0.3, -0.25) is 9.35 Å². The van der Waals surface area contributed by atoms with E-state index in [9.17, 15) is 17.8 Å². The van der Waals surface area contributed by atoms with Crippen molar-refractivity contribution in [1.82, 2.24) is 0 Å². The summed E-state index contributed by atoms with van der Waals surface area (Å²) in [6.45, 7) is 4.00. The summed E-state index contributed by atoms with van der Waals surface area (Å²) in [7, 11) is -4.38. The molecule has 0 aromatic heterocycles. The summed E-state index contributed by atoms with van der Waals surface area (Å²) in [5.41, 5.74) is 0. The summed E-state index contributed by atoms with van der Waals surface area (Å²) >= 11 is 0. The molecule has 0 unspecified atom stereocenters. The second-order valence-electron chi connectivity index (χ2n) is 8.55. The van der Waals surface area contributed by atoms with Gasteiger partial charge in [0.15, 0.2) is 5.25 Å². The number of esters is 1. The van der Waals surface area contributed by atoms with E-state index in [4.69, 9.17) is 4.74 Å². The first-order valence-electron chi connectivity index (χ1n) is 12.6. The van der Waals surface area contributed by atoms with Crippen LogP contribution in [0.25, 0.3) is 0 Å². The molecule has 5 nitrogen and oxygen atoms in total. The van der Waals surface area contributed by atoms with Crippen molar-refractivity contribution in [2.75, 3.05) is 6.61 Å². The first-order valence-corrected chi connectivity index (χ1v) is 14.1. The summed E-state index contributed by atoms with van der Waals surface area (Å²) in [5.74, 6) is -0.841. The summed E-state index contributed by atoms with van der Waals surface area (Å²) in [6, 6.07) is 0. The standard InChI is InChI=1S/C24H48O5S/c1-3-5-6-7-8-9-10-11-12-13-14-15-16-17-18-19-20-21-22-23(30(26,27)28)24(25)29-4-2/h23H,3-22H2,1-2H3,(H,26,27,28)/t23-/m0/s1. The molecule has 0 radical (unpaired) electrons. The second kappa shape index (κ2) is 20.3. The normalized spacial score (nSPS) is 12.8. The van der Waals surface area contributed by atoms with Gasteiger partial charge in [0.05, 0.1) is 6.61 Å². The molecule has 0 saturated heterocycles. The first-order chi connectivity index (χ1) is 14.4. The predicted octanol–water partition coefficient (Wildman–Crippen LogP) is 7.24. The van der Waals surface area contributed by atoms with Crippen LogP contribution >= 0.6 is 0 Å². The van der Waals surface area contributed by atoms with Crippen LogP contribution in [-0.4, -0.2) is 30.8 Å². The maximum atomic E-state index is 11.6. The summed E-state index contributed by atoms with van der Waals surface area (Å²) in [6.07, 6.45) is 22.9. The fourth-order valence-electron chi connectivity index (χ4n) is 3.85. The van der Waals surface area contributed by atoms with E-state index >= 15 is 0 Å². The average Bonchev–Trinajstić information content (AvgIpc) is 2.69. The average molecular weight is 449 g/mol. The van der Waals surface area contributed by atoms with Gasteiger partial charge >= 0.3 is 5.97 Å². The van der Waals surface area contributed by atoms with Crippen LogP contribution < -0.4 is 0 Å². The number of carbonyl (C=O) groups is 1. The smallest absolute Gasteiger partial charge is 0.326 e. The molecule has 0 aromatic rings. The minimum Gasteiger partial charge on any atom is -0.465 e. The summed E-state index contributed by atoms with van der Waals surface area (Å²) in [5, 5.41) is -1.43. The van der Waals surface area contributed by atoms with Crippen LogP contribution in [0.15, 0.2) is 0 Å². The number of hydrogen-bond donors (Lipinski definition) is 1. The van der Waals surface area contributed by atoms with Gasteiger partial charge in [0.1, 0.15) is 0 Å². The van der Waals surface area contributed by atoms with E-state index in [0.717, 1.165) is 19.3 Å². The molecule has 30 heavy (non-hydrogen) atoms. The van der Waals surface area contributed by atoms with Crippen molar-refractivity contribution in [1.29, 1.82) is 0 Å². The summed E-state index contributed by atoms with van der Waals surface area (Å²) in [4.78, 5) is 11.6. The molecule has 0 rings (SSSR count). The Hall–Kier alpha value is -0.620. The lowest BCUT2D eigenvalue weighted by Gasteiger charge is -2.12. The van der Waals surface area contributed by atoms with Crippen LogP contribution in [0.1, 0.15) is 136 Å². The van der Waals surface area contributed by atoms with E-state index < -0.39 is 21.3 Å². The van der Waals surface area contributed by atoms with Crippen LogP contribution in [0.5, 0.6) is 0 Å². The van der Waals surface area contributed by atoms with Gasteiger partial charge in [-0.15, -0.1) is 0 Å². The quantitative estimate of drug-likeness (QED) is 0.107. The van der Waals surface area contributed by atoms with Gasteiger partial charge in [-0.2, -0.15) is 8.42 Å². The largest absolute Gasteiger partial charge is 0.465 e. The highest BCUT2D eigenvalue weighted by Gasteiger charge is 2.31. The van der Waals surface area contributed by atoms with Crippen molar-refractivity contribution in [2.24, 2.45) is 0 Å². The minimum atomic E-state index is -4.38. The SMILES string of the molecule is CCCCCCCCCCCCCCCCCCCC[C@@H](C(=O)OCC)S(=O)(=O)O. The van der Waals surface area contributed by atoms with Crippen molar-refractivity contribution in [3.63, 3.8) is 0 Å². The van der Waals surface area contributed by atoms with Crippen molar-refractivity contribution in [3.05, 3.63) is 0 Å². The van der Waals surface area contributed by atoms with E-state index in [0.29, 0.717) is 6.42 Å². The molecule has 0 fully saturated rings. The maximum absolute atomic E-state index is 11.6. The van der Waals surface area contributed by atoms with Crippen LogP contribution in [0.3, 0.4) is 0 Å². The van der Waals surface area contributed by atoms with Crippen molar-refractivity contribution < 1.29 is 22.5 Å². The molecule has 0 amide bonds. The van der Waals surface area contributed by atoms with Crippen molar-refractivity contribution in [2.45, 2.75) is 141 Å². The van der Waals surface area contributed by atoms with Crippen molar-refractivity contribution in [3.8, 4) is 0 Å². The first kappa shape index (κ1) is 29.4. The number of carbonyl (C=O) groups excluding carboxylic acids is 1. The Bertz CT molecular complexity index is 490. The Morgan fingerprint density at radius 2 is 1.00 bits per heavy atom. The van der Waals surface area contributed by atoms with Crippen LogP contribution in [0.4, 0.5) is 0 Å². The lowest BCUT2D eigenvalue weighted by atomic mass is 10.0. The van der Waals surface area contributed by atoms with E-state index in [-0.39, 0.29) is 13.0 Å². The third-order valence-corrected chi connectivity index (χ3v) is 6.88. The zero-order valence-corrected chi connectivity index (χ0v) is 20.5. The lowest BCUT2D eigenvalue weighted by molar-refractivity contribution is -0.142. The number of unbranched alkanes of at least 4 members (excludes halogenated alkanes) is 17. The second-order valence-corrected chi connectivity index (χ2v) is 10.2. The molecule has 0 aliphatic carbocycles. The van der Waals surface area contributed by atoms with Crippen molar-refractivity contribution >= 4 is 16.1 Å². The zero-order valence-electron chi connectivity index (χ0n) is 19.7. The van der Waals surface area contributed by atoms with Gasteiger partial charge in [-0.1, -0.05) is 122 Å². The maximum Gasteiger partial charge on any atom is 0.326 e. The van der Waals surface area contributed by atoms with E-state index in [1.54, 1.807) is 6.92 Å². The van der Waals surface area contributed by atoms with E-state index in [1.807, 2.05) is 0 Å². The highest BCUT2D eigenvalue weighted by Crippen LogP contribution is 2.16. The highest BCUT2D eigenvalue weighted by molar-refractivity contribution is 7.87. The molecule has 0 aromatic carbocycles. The molecule has 0 spiro atoms. The minimum absolute atomic E-state index is 0.115. The fraction of sp³-hybridized carbons (Fsp3) is 0.958. The Balaban J connectivity index is 3.43. The zero-order chi connectivity index (χ0) is 22.5. The van der Waals surface area contributed by atoms with Gasteiger partial charge in [0.25, 0.3) is 10.1 Å². The Morgan fingerprint density at radius 1 is 0.667 bits per heavy atom. The molecule has 0 aliphatic heterocycles. The predicted molar refractivity (Wildman–Crippen MR) is 125 cm³/mol. The van der Waals surface area contributed by atoms with Gasteiger partial charge in [0.2, 0.25) is 0 Å². The summed E-state index contributed by atoms with van der Waals surface area (Å²) < 4.78 is 36.6. The Morgan fingerprint density at radius 3 is 1.30 bits per heavy atom. The van der Waals surface area contributed by atoms with Gasteiger partial charge in [-0.05, 0) is 13.3 Å². The van der Waals surface area contributed by atoms with Gasteiger partial charge < -0.3 is 4.74 Å². The number of rotatable bonds is 22. The molecular weight excluding hydrogens is 400 g/mol. The Kier molecular flexibility index (Phi) is 19.9. The third kappa shape index (κ3) is 18.2. The van der Waals surface area contributed by atoms with E-state index in [1.165, 1.54) is 89.9 Å². The molecule has 180 valence electrons. The van der Waals surface area contributed by atoms with Gasteiger partial charge in [-0.25, -0.2) is 0 Å². The number of ether oxygens (including phenoxy) is 1. The topological polar surface area (TPSA) is 80.7 Å². The van der Waals surface area contributed by atoms with Crippen LogP contribution in [-0.2, 0) is 19.6 Å². The molecule has 0 bridgehead atoms. The molecule has 1 atom stereocenters. The third-order valence-electron chi connectivity index (χ3n) is 5.73. The lowest BCUT2D eigenvalue weighted by Crippen LogP contribution is -2.31. The molecule has 6 heteroatoms. The molecule has 0 aliphatic rings.